The van der Waals surface area contributed by atoms with E-state index < -0.39 is 11.5 Å². The van der Waals surface area contributed by atoms with Gasteiger partial charge in [0, 0.05) is 23.0 Å². The molecule has 3 heterocycles. The zero-order chi connectivity index (χ0) is 23.7. The van der Waals surface area contributed by atoms with E-state index in [0.29, 0.717) is 33.7 Å². The molecule has 9 heteroatoms. The Morgan fingerprint density at radius 2 is 1.85 bits per heavy atom. The van der Waals surface area contributed by atoms with Crippen LogP contribution >= 0.6 is 11.6 Å². The lowest BCUT2D eigenvalue weighted by atomic mass is 10.0. The van der Waals surface area contributed by atoms with Crippen LogP contribution in [0.25, 0.3) is 27.7 Å². The first-order valence-corrected chi connectivity index (χ1v) is 11.1. The standard InChI is InChI=1S/C25H20ClN5O3/c1-2-20-23(16-8-10-17(26)11-9-16)24-27-14-19-21(31(24)28-20)12-13-30(25(19)33)29-22(32)15-34-18-6-4-3-5-7-18/h3-14H,2,15H2,1H3,(H,29,32). The van der Waals surface area contributed by atoms with Crippen molar-refractivity contribution < 1.29 is 9.53 Å². The van der Waals surface area contributed by atoms with Crippen molar-refractivity contribution >= 4 is 34.1 Å². The fourth-order valence-electron chi connectivity index (χ4n) is 3.79. The van der Waals surface area contributed by atoms with Crippen molar-refractivity contribution in [2.45, 2.75) is 13.3 Å². The maximum Gasteiger partial charge on any atom is 0.280 e. The van der Waals surface area contributed by atoms with Gasteiger partial charge in [-0.25, -0.2) is 14.2 Å². The first-order chi connectivity index (χ1) is 16.5. The maximum atomic E-state index is 13.1. The number of fused-ring (bicyclic) bond motifs is 3. The lowest BCUT2D eigenvalue weighted by Crippen LogP contribution is -2.35. The second-order valence-electron chi connectivity index (χ2n) is 7.60. The Kier molecular flexibility index (Phi) is 5.73. The SMILES string of the molecule is CCc1nn2c(ncc3c(=O)n(NC(=O)COc4ccccc4)ccc32)c1-c1ccc(Cl)cc1. The molecule has 0 aliphatic carbocycles. The van der Waals surface area contributed by atoms with Gasteiger partial charge in [0.25, 0.3) is 11.5 Å². The molecule has 0 spiro atoms. The Labute approximate surface area is 199 Å². The highest BCUT2D eigenvalue weighted by molar-refractivity contribution is 6.30. The monoisotopic (exact) mass is 473 g/mol. The molecule has 5 rings (SSSR count). The number of rotatable bonds is 6. The Morgan fingerprint density at radius 3 is 2.59 bits per heavy atom. The molecule has 8 nitrogen and oxygen atoms in total. The average molecular weight is 474 g/mol. The Hall–Kier alpha value is -4.17. The number of hydrogen-bond donors (Lipinski definition) is 1. The predicted octanol–water partition coefficient (Wildman–Crippen LogP) is 4.08. The van der Waals surface area contributed by atoms with Crippen molar-refractivity contribution in [1.82, 2.24) is 19.3 Å². The van der Waals surface area contributed by atoms with Crippen LogP contribution in [0, 0.1) is 0 Å². The Bertz CT molecular complexity index is 1560. The summed E-state index contributed by atoms with van der Waals surface area (Å²) < 4.78 is 8.23. The van der Waals surface area contributed by atoms with Crippen molar-refractivity contribution in [3.8, 4) is 16.9 Å². The van der Waals surface area contributed by atoms with Crippen molar-refractivity contribution in [3.05, 3.63) is 94.1 Å². The smallest absolute Gasteiger partial charge is 0.280 e. The molecule has 0 unspecified atom stereocenters. The number of para-hydroxylation sites is 1. The van der Waals surface area contributed by atoms with Crippen molar-refractivity contribution in [3.63, 3.8) is 0 Å². The van der Waals surface area contributed by atoms with E-state index in [1.165, 1.54) is 12.4 Å². The number of nitrogens with one attached hydrogen (secondary N) is 1. The minimum absolute atomic E-state index is 0.227. The molecule has 1 amide bonds. The van der Waals surface area contributed by atoms with Gasteiger partial charge >= 0.3 is 0 Å². The summed E-state index contributed by atoms with van der Waals surface area (Å²) in [6.07, 6.45) is 3.70. The zero-order valence-electron chi connectivity index (χ0n) is 18.2. The van der Waals surface area contributed by atoms with Crippen molar-refractivity contribution in [2.24, 2.45) is 0 Å². The molecule has 0 radical (unpaired) electrons. The van der Waals surface area contributed by atoms with Crippen LogP contribution in [0.5, 0.6) is 5.75 Å². The van der Waals surface area contributed by atoms with Crippen LogP contribution < -0.4 is 15.7 Å². The number of ether oxygens (including phenoxy) is 1. The first-order valence-electron chi connectivity index (χ1n) is 10.7. The van der Waals surface area contributed by atoms with Gasteiger partial charge in [-0.1, -0.05) is 48.9 Å². The van der Waals surface area contributed by atoms with Crippen LogP contribution in [-0.2, 0) is 11.2 Å². The van der Waals surface area contributed by atoms with Crippen molar-refractivity contribution in [1.29, 1.82) is 0 Å². The Balaban J connectivity index is 1.49. The second kappa shape index (κ2) is 8.99. The topological polar surface area (TPSA) is 90.5 Å². The molecule has 1 N–H and O–H groups in total. The largest absolute Gasteiger partial charge is 0.484 e. The lowest BCUT2D eigenvalue weighted by Gasteiger charge is -2.10. The second-order valence-corrected chi connectivity index (χ2v) is 8.04. The van der Waals surface area contributed by atoms with E-state index in [2.05, 4.69) is 10.4 Å². The van der Waals surface area contributed by atoms with E-state index in [0.717, 1.165) is 21.5 Å². The molecule has 2 aromatic carbocycles. The highest BCUT2D eigenvalue weighted by atomic mass is 35.5. The molecule has 0 aliphatic heterocycles. The molecule has 0 saturated heterocycles. The summed E-state index contributed by atoms with van der Waals surface area (Å²) in [4.78, 5) is 29.9. The molecule has 34 heavy (non-hydrogen) atoms. The molecule has 170 valence electrons. The summed E-state index contributed by atoms with van der Waals surface area (Å²) in [5, 5.41) is 5.69. The summed E-state index contributed by atoms with van der Waals surface area (Å²) in [6, 6.07) is 18.2. The quantitative estimate of drug-likeness (QED) is 0.401. The molecular formula is C25H20ClN5O3. The van der Waals surface area contributed by atoms with Gasteiger partial charge in [-0.05, 0) is 42.3 Å². The third-order valence-electron chi connectivity index (χ3n) is 5.41. The summed E-state index contributed by atoms with van der Waals surface area (Å²) in [5.74, 6) is 0.105. The Morgan fingerprint density at radius 1 is 1.09 bits per heavy atom. The fourth-order valence-corrected chi connectivity index (χ4v) is 3.92. The van der Waals surface area contributed by atoms with E-state index in [1.54, 1.807) is 22.7 Å². The number of aryl methyl sites for hydroxylation is 1. The number of nitrogens with zero attached hydrogens (tertiary/aromatic N) is 4. The molecule has 3 aromatic heterocycles. The van der Waals surface area contributed by atoms with Gasteiger partial charge in [0.1, 0.15) is 5.75 Å². The van der Waals surface area contributed by atoms with Gasteiger partial charge in [0.15, 0.2) is 12.3 Å². The van der Waals surface area contributed by atoms with E-state index in [4.69, 9.17) is 21.4 Å². The number of benzene rings is 2. The van der Waals surface area contributed by atoms with Gasteiger partial charge in [0.05, 0.1) is 16.6 Å². The van der Waals surface area contributed by atoms with E-state index in [9.17, 15) is 9.59 Å². The average Bonchev–Trinajstić information content (AvgIpc) is 3.24. The van der Waals surface area contributed by atoms with E-state index in [1.807, 2.05) is 49.4 Å². The first kappa shape index (κ1) is 21.7. The highest BCUT2D eigenvalue weighted by Crippen LogP contribution is 2.30. The number of hydrogen-bond acceptors (Lipinski definition) is 5. The normalized spacial score (nSPS) is 11.1. The van der Waals surface area contributed by atoms with Gasteiger partial charge < -0.3 is 4.74 Å². The molecule has 0 atom stereocenters. The van der Waals surface area contributed by atoms with E-state index >= 15 is 0 Å². The third kappa shape index (κ3) is 3.99. The maximum absolute atomic E-state index is 13.1. The summed E-state index contributed by atoms with van der Waals surface area (Å²) in [5.41, 5.74) is 6.08. The summed E-state index contributed by atoms with van der Waals surface area (Å²) in [6.45, 7) is 1.79. The molecule has 0 aliphatic rings. The third-order valence-corrected chi connectivity index (χ3v) is 5.66. The van der Waals surface area contributed by atoms with Gasteiger partial charge in [-0.3, -0.25) is 15.0 Å². The molecular weight excluding hydrogens is 454 g/mol. The minimum atomic E-state index is -0.461. The van der Waals surface area contributed by atoms with Crippen LogP contribution in [0.1, 0.15) is 12.6 Å². The molecule has 0 saturated carbocycles. The van der Waals surface area contributed by atoms with Crippen molar-refractivity contribution in [2.75, 3.05) is 12.0 Å². The molecule has 5 aromatic rings. The number of pyridine rings is 1. The molecule has 0 bridgehead atoms. The summed E-state index contributed by atoms with van der Waals surface area (Å²) >= 11 is 6.05. The van der Waals surface area contributed by atoms with Crippen LogP contribution in [0.15, 0.2) is 77.9 Å². The number of aromatic nitrogens is 4. The van der Waals surface area contributed by atoms with Gasteiger partial charge in [0.2, 0.25) is 0 Å². The molecule has 0 fully saturated rings. The predicted molar refractivity (Wildman–Crippen MR) is 131 cm³/mol. The van der Waals surface area contributed by atoms with Crippen LogP contribution in [0.3, 0.4) is 0 Å². The van der Waals surface area contributed by atoms with Gasteiger partial charge in [-0.15, -0.1) is 0 Å². The fraction of sp³-hybridized carbons (Fsp3) is 0.120. The summed E-state index contributed by atoms with van der Waals surface area (Å²) in [7, 11) is 0. The number of carbonyl (C=O) groups is 1. The highest BCUT2D eigenvalue weighted by Gasteiger charge is 2.18. The van der Waals surface area contributed by atoms with Crippen LogP contribution in [-0.4, -0.2) is 31.8 Å². The van der Waals surface area contributed by atoms with E-state index in [-0.39, 0.29) is 6.61 Å². The van der Waals surface area contributed by atoms with Crippen LogP contribution in [0.2, 0.25) is 5.02 Å². The number of amides is 1. The zero-order valence-corrected chi connectivity index (χ0v) is 19.0. The van der Waals surface area contributed by atoms with Crippen LogP contribution in [0.4, 0.5) is 0 Å². The minimum Gasteiger partial charge on any atom is -0.484 e. The number of carbonyl (C=O) groups excluding carboxylic acids is 1. The lowest BCUT2D eigenvalue weighted by molar-refractivity contribution is -0.119. The number of halogens is 1. The van der Waals surface area contributed by atoms with Gasteiger partial charge in [-0.2, -0.15) is 5.10 Å².